The fourth-order valence-electron chi connectivity index (χ4n) is 4.09. The first-order chi connectivity index (χ1) is 14.4. The van der Waals surface area contributed by atoms with Crippen molar-refractivity contribution in [1.82, 2.24) is 10.6 Å². The van der Waals surface area contributed by atoms with Gasteiger partial charge in [-0.3, -0.25) is 0 Å². The molecule has 1 aliphatic rings. The molecule has 1 aliphatic carbocycles. The maximum Gasteiger partial charge on any atom is 0.407 e. The summed E-state index contributed by atoms with van der Waals surface area (Å²) in [4.78, 5) is 22.6. The number of carbonyl (C=O) groups excluding carboxylic acids is 2. The van der Waals surface area contributed by atoms with E-state index in [1.165, 1.54) is 12.1 Å². The van der Waals surface area contributed by atoms with Crippen molar-refractivity contribution < 1.29 is 23.5 Å². The van der Waals surface area contributed by atoms with E-state index in [0.717, 1.165) is 32.0 Å². The first kappa shape index (κ1) is 24.4. The summed E-state index contributed by atoms with van der Waals surface area (Å²) in [6.45, 7) is 2.93. The van der Waals surface area contributed by atoms with E-state index in [1.54, 1.807) is 6.07 Å². The summed E-state index contributed by atoms with van der Waals surface area (Å²) < 4.78 is 25.4. The Balaban J connectivity index is 2.02. The van der Waals surface area contributed by atoms with Gasteiger partial charge < -0.3 is 24.9 Å². The third-order valence-electron chi connectivity index (χ3n) is 5.68. The number of likely N-dealkylation sites (N-methyl/N-ethyl adjacent to an activating group) is 1. The molecule has 1 fully saturated rings. The monoisotopic (exact) mass is 442 g/mol. The van der Waals surface area contributed by atoms with Gasteiger partial charge in [0.15, 0.2) is 0 Å². The maximum absolute atomic E-state index is 13.7. The van der Waals surface area contributed by atoms with Gasteiger partial charge in [-0.25, -0.2) is 9.18 Å². The van der Waals surface area contributed by atoms with E-state index in [0.29, 0.717) is 38.2 Å². The zero-order valence-electron chi connectivity index (χ0n) is 17.7. The summed E-state index contributed by atoms with van der Waals surface area (Å²) in [5.41, 5.74) is -0.166. The number of carbonyl (C=O) groups is 2. The van der Waals surface area contributed by atoms with Gasteiger partial charge >= 0.3 is 6.09 Å². The number of hydrogen-bond donors (Lipinski definition) is 2. The lowest BCUT2D eigenvalue weighted by atomic mass is 9.69. The highest BCUT2D eigenvalue weighted by atomic mass is 35.5. The topological polar surface area (TPSA) is 76.7 Å². The minimum absolute atomic E-state index is 0.0590. The van der Waals surface area contributed by atoms with Gasteiger partial charge in [0.05, 0.1) is 11.6 Å². The van der Waals surface area contributed by atoms with Gasteiger partial charge in [0, 0.05) is 30.5 Å². The molecule has 8 heteroatoms. The molecular weight excluding hydrogens is 411 g/mol. The summed E-state index contributed by atoms with van der Waals surface area (Å²) in [5, 5.41) is 6.01. The highest BCUT2D eigenvalue weighted by molar-refractivity contribution is 6.30. The van der Waals surface area contributed by atoms with Crippen molar-refractivity contribution in [3.63, 3.8) is 0 Å². The van der Waals surface area contributed by atoms with Crippen LogP contribution in [0.4, 0.5) is 9.18 Å². The zero-order valence-corrected chi connectivity index (χ0v) is 18.5. The molecule has 30 heavy (non-hydrogen) atoms. The van der Waals surface area contributed by atoms with Crippen LogP contribution in [0.2, 0.25) is 5.02 Å². The van der Waals surface area contributed by atoms with E-state index in [4.69, 9.17) is 21.1 Å². The van der Waals surface area contributed by atoms with Gasteiger partial charge in [0.25, 0.3) is 0 Å². The van der Waals surface area contributed by atoms with Crippen LogP contribution in [-0.4, -0.2) is 44.7 Å². The zero-order chi connectivity index (χ0) is 22.0. The molecule has 3 unspecified atom stereocenters. The highest BCUT2D eigenvalue weighted by Gasteiger charge is 2.42. The van der Waals surface area contributed by atoms with E-state index in [1.807, 2.05) is 7.05 Å². The number of unbranched alkanes of at least 4 members (excludes halogenated alkanes) is 1. The van der Waals surface area contributed by atoms with Gasteiger partial charge in [-0.05, 0) is 51.3 Å². The van der Waals surface area contributed by atoms with Crippen LogP contribution in [0.3, 0.4) is 0 Å². The molecule has 3 atom stereocenters. The third-order valence-corrected chi connectivity index (χ3v) is 5.99. The fourth-order valence-corrected chi connectivity index (χ4v) is 4.21. The predicted octanol–water partition coefficient (Wildman–Crippen LogP) is 4.49. The molecule has 0 spiro atoms. The molecule has 0 bridgehead atoms. The van der Waals surface area contributed by atoms with Gasteiger partial charge in [-0.15, -0.1) is 0 Å². The first-order valence-corrected chi connectivity index (χ1v) is 10.9. The Morgan fingerprint density at radius 3 is 2.90 bits per heavy atom. The van der Waals surface area contributed by atoms with Crippen molar-refractivity contribution in [2.45, 2.75) is 64.0 Å². The fraction of sp³-hybridized carbons (Fsp3) is 0.636. The number of hydrogen-bond acceptors (Lipinski definition) is 5. The maximum atomic E-state index is 13.7. The molecule has 0 aliphatic heterocycles. The number of nitrogens with one attached hydrogen (secondary N) is 2. The van der Waals surface area contributed by atoms with Crippen molar-refractivity contribution in [1.29, 1.82) is 0 Å². The Morgan fingerprint density at radius 1 is 1.43 bits per heavy atom. The molecule has 1 amide bonds. The summed E-state index contributed by atoms with van der Waals surface area (Å²) in [6.07, 6.45) is 5.36. The lowest BCUT2D eigenvalue weighted by Crippen LogP contribution is -2.51. The molecule has 0 saturated heterocycles. The SMILES string of the molecule is CCCC1(COc2ccc(Cl)c(F)c2)CCC(NC)C(OC(=O)NCCCC=O)C1. The van der Waals surface area contributed by atoms with Crippen LogP contribution in [0.5, 0.6) is 5.75 Å². The minimum atomic E-state index is -0.509. The number of amides is 1. The predicted molar refractivity (Wildman–Crippen MR) is 115 cm³/mol. The molecule has 0 aromatic heterocycles. The average molecular weight is 443 g/mol. The standard InChI is InChI=1S/C22H32ClFN2O4/c1-3-9-22(15-29-16-6-7-17(23)18(24)13-16)10-8-19(25-2)20(14-22)30-21(28)26-11-4-5-12-27/h6-7,12-13,19-20,25H,3-5,8-11,14-15H2,1-2H3,(H,26,28). The number of aldehydes is 1. The van der Waals surface area contributed by atoms with Gasteiger partial charge in [0.1, 0.15) is 24.0 Å². The largest absolute Gasteiger partial charge is 0.493 e. The summed E-state index contributed by atoms with van der Waals surface area (Å²) >= 11 is 5.75. The van der Waals surface area contributed by atoms with Crippen LogP contribution < -0.4 is 15.4 Å². The Hall–Kier alpha value is -1.86. The highest BCUT2D eigenvalue weighted by Crippen LogP contribution is 2.42. The quantitative estimate of drug-likeness (QED) is 0.390. The molecule has 2 N–H and O–H groups in total. The minimum Gasteiger partial charge on any atom is -0.493 e. The molecule has 0 radical (unpaired) electrons. The number of benzene rings is 1. The summed E-state index contributed by atoms with van der Waals surface area (Å²) in [5.74, 6) is -0.0708. The average Bonchev–Trinajstić information content (AvgIpc) is 2.73. The van der Waals surface area contributed by atoms with Gasteiger partial charge in [-0.2, -0.15) is 0 Å². The molecule has 6 nitrogen and oxygen atoms in total. The van der Waals surface area contributed by atoms with Gasteiger partial charge in [-0.1, -0.05) is 24.9 Å². The second kappa shape index (κ2) is 12.1. The van der Waals surface area contributed by atoms with Crippen molar-refractivity contribution in [3.05, 3.63) is 29.0 Å². The van der Waals surface area contributed by atoms with Crippen LogP contribution in [0, 0.1) is 11.2 Å². The van der Waals surface area contributed by atoms with Crippen molar-refractivity contribution in [2.75, 3.05) is 20.2 Å². The third kappa shape index (κ3) is 7.13. The molecule has 1 aromatic carbocycles. The van der Waals surface area contributed by atoms with Gasteiger partial charge in [0.2, 0.25) is 0 Å². The van der Waals surface area contributed by atoms with Crippen LogP contribution in [0.25, 0.3) is 0 Å². The number of rotatable bonds is 11. The summed E-state index contributed by atoms with van der Waals surface area (Å²) in [6, 6.07) is 4.49. The molecule has 1 saturated carbocycles. The normalized spacial score (nSPS) is 23.6. The first-order valence-electron chi connectivity index (χ1n) is 10.6. The van der Waals surface area contributed by atoms with Crippen LogP contribution in [0.15, 0.2) is 18.2 Å². The Labute approximate surface area is 182 Å². The second-order valence-electron chi connectivity index (χ2n) is 7.93. The Morgan fingerprint density at radius 2 is 2.23 bits per heavy atom. The van der Waals surface area contributed by atoms with E-state index in [2.05, 4.69) is 17.6 Å². The van der Waals surface area contributed by atoms with E-state index in [-0.39, 0.29) is 22.6 Å². The van der Waals surface area contributed by atoms with Crippen LogP contribution in [-0.2, 0) is 9.53 Å². The molecule has 2 rings (SSSR count). The van der Waals surface area contributed by atoms with Crippen LogP contribution >= 0.6 is 11.6 Å². The van der Waals surface area contributed by atoms with E-state index in [9.17, 15) is 14.0 Å². The van der Waals surface area contributed by atoms with Crippen LogP contribution in [0.1, 0.15) is 51.9 Å². The number of ether oxygens (including phenoxy) is 2. The lowest BCUT2D eigenvalue weighted by Gasteiger charge is -2.44. The molecule has 168 valence electrons. The van der Waals surface area contributed by atoms with E-state index < -0.39 is 11.9 Å². The van der Waals surface area contributed by atoms with Crippen molar-refractivity contribution >= 4 is 24.0 Å². The molecule has 1 aromatic rings. The smallest absolute Gasteiger partial charge is 0.407 e. The van der Waals surface area contributed by atoms with Crippen molar-refractivity contribution in [3.8, 4) is 5.75 Å². The lowest BCUT2D eigenvalue weighted by molar-refractivity contribution is -0.107. The number of halogens is 2. The van der Waals surface area contributed by atoms with Crippen molar-refractivity contribution in [2.24, 2.45) is 5.41 Å². The molecule has 0 heterocycles. The van der Waals surface area contributed by atoms with E-state index >= 15 is 0 Å². The second-order valence-corrected chi connectivity index (χ2v) is 8.34. The molecular formula is C22H32ClFN2O4. The summed E-state index contributed by atoms with van der Waals surface area (Å²) in [7, 11) is 1.86. The Bertz CT molecular complexity index is 706. The number of alkyl carbamates (subject to hydrolysis) is 1. The Kier molecular flexibility index (Phi) is 9.85.